The smallest absolute Gasteiger partial charge is 0.243 e. The number of piperidine rings is 1. The van der Waals surface area contributed by atoms with E-state index in [4.69, 9.17) is 16.3 Å². The molecule has 0 atom stereocenters. The van der Waals surface area contributed by atoms with Gasteiger partial charge in [-0.3, -0.25) is 4.79 Å². The Labute approximate surface area is 197 Å². The summed E-state index contributed by atoms with van der Waals surface area (Å²) >= 11 is 6.17. The Bertz CT molecular complexity index is 1240. The molecular formula is C24H22ClFN2O4S. The first-order chi connectivity index (χ1) is 15.8. The van der Waals surface area contributed by atoms with Crippen LogP contribution < -0.4 is 10.1 Å². The summed E-state index contributed by atoms with van der Waals surface area (Å²) in [5, 5.41) is 3.35. The minimum absolute atomic E-state index is 0.0393. The minimum atomic E-state index is -3.73. The fraction of sp³-hybridized carbons (Fsp3) is 0.208. The highest BCUT2D eigenvalue weighted by atomic mass is 35.5. The zero-order valence-corrected chi connectivity index (χ0v) is 19.2. The highest BCUT2D eigenvalue weighted by molar-refractivity contribution is 7.89. The molecule has 0 saturated carbocycles. The van der Waals surface area contributed by atoms with Gasteiger partial charge in [-0.1, -0.05) is 35.9 Å². The first-order valence-electron chi connectivity index (χ1n) is 10.4. The minimum Gasteiger partial charge on any atom is -0.454 e. The number of hydrogen-bond acceptors (Lipinski definition) is 4. The number of halogens is 2. The lowest BCUT2D eigenvalue weighted by Crippen LogP contribution is -2.41. The molecule has 6 nitrogen and oxygen atoms in total. The van der Waals surface area contributed by atoms with E-state index in [1.54, 1.807) is 48.5 Å². The molecule has 33 heavy (non-hydrogen) atoms. The number of ether oxygens (including phenoxy) is 1. The predicted octanol–water partition coefficient (Wildman–Crippen LogP) is 5.31. The van der Waals surface area contributed by atoms with E-state index in [0.29, 0.717) is 35.1 Å². The van der Waals surface area contributed by atoms with Crippen molar-refractivity contribution in [1.29, 1.82) is 0 Å². The van der Waals surface area contributed by atoms with E-state index in [1.165, 1.54) is 16.4 Å². The van der Waals surface area contributed by atoms with E-state index < -0.39 is 15.8 Å². The van der Waals surface area contributed by atoms with Gasteiger partial charge in [0.25, 0.3) is 0 Å². The zero-order valence-electron chi connectivity index (χ0n) is 17.6. The number of rotatable bonds is 6. The Morgan fingerprint density at radius 3 is 2.21 bits per heavy atom. The molecule has 1 aliphatic heterocycles. The molecule has 172 valence electrons. The molecule has 4 rings (SSSR count). The molecule has 0 bridgehead atoms. The predicted molar refractivity (Wildman–Crippen MR) is 124 cm³/mol. The fourth-order valence-electron chi connectivity index (χ4n) is 3.65. The van der Waals surface area contributed by atoms with Gasteiger partial charge in [0, 0.05) is 19.0 Å². The number of benzene rings is 3. The molecule has 0 aromatic heterocycles. The zero-order chi connectivity index (χ0) is 23.4. The van der Waals surface area contributed by atoms with Gasteiger partial charge >= 0.3 is 0 Å². The van der Waals surface area contributed by atoms with Crippen molar-refractivity contribution in [2.75, 3.05) is 18.4 Å². The van der Waals surface area contributed by atoms with Gasteiger partial charge < -0.3 is 10.1 Å². The summed E-state index contributed by atoms with van der Waals surface area (Å²) in [6.45, 7) is 0.408. The van der Waals surface area contributed by atoms with Crippen LogP contribution in [0, 0.1) is 11.7 Å². The molecule has 1 amide bonds. The molecule has 1 saturated heterocycles. The number of amides is 1. The maximum atomic E-state index is 13.1. The van der Waals surface area contributed by atoms with Crippen molar-refractivity contribution >= 4 is 33.2 Å². The van der Waals surface area contributed by atoms with Gasteiger partial charge in [0.15, 0.2) is 5.75 Å². The number of nitrogens with zero attached hydrogens (tertiary/aromatic N) is 1. The van der Waals surface area contributed by atoms with Crippen molar-refractivity contribution in [3.63, 3.8) is 0 Å². The van der Waals surface area contributed by atoms with Crippen LogP contribution in [0.5, 0.6) is 11.5 Å². The molecule has 1 N–H and O–H groups in total. The molecule has 9 heteroatoms. The van der Waals surface area contributed by atoms with Crippen LogP contribution in [-0.2, 0) is 14.8 Å². The maximum Gasteiger partial charge on any atom is 0.243 e. The largest absolute Gasteiger partial charge is 0.454 e. The van der Waals surface area contributed by atoms with E-state index in [9.17, 15) is 17.6 Å². The summed E-state index contributed by atoms with van der Waals surface area (Å²) < 4.78 is 45.9. The lowest BCUT2D eigenvalue weighted by Gasteiger charge is -2.30. The van der Waals surface area contributed by atoms with Gasteiger partial charge in [-0.2, -0.15) is 4.31 Å². The number of para-hydroxylation sites is 3. The number of nitrogens with one attached hydrogen (secondary N) is 1. The number of sulfonamides is 1. The average Bonchev–Trinajstić information content (AvgIpc) is 2.82. The van der Waals surface area contributed by atoms with Gasteiger partial charge in [-0.25, -0.2) is 12.8 Å². The Morgan fingerprint density at radius 2 is 1.55 bits per heavy atom. The quantitative estimate of drug-likeness (QED) is 0.510. The maximum absolute atomic E-state index is 13.1. The highest BCUT2D eigenvalue weighted by Crippen LogP contribution is 2.34. The van der Waals surface area contributed by atoms with Gasteiger partial charge in [0.1, 0.15) is 11.6 Å². The van der Waals surface area contributed by atoms with Crippen molar-refractivity contribution in [3.05, 3.63) is 83.6 Å². The topological polar surface area (TPSA) is 75.7 Å². The number of carbonyl (C=O) groups excluding carboxylic acids is 1. The molecule has 3 aromatic rings. The lowest BCUT2D eigenvalue weighted by atomic mass is 9.97. The van der Waals surface area contributed by atoms with Gasteiger partial charge in [0.05, 0.1) is 15.6 Å². The van der Waals surface area contributed by atoms with Crippen molar-refractivity contribution in [2.45, 2.75) is 17.7 Å². The molecule has 0 spiro atoms. The molecule has 1 fully saturated rings. The third-order valence-electron chi connectivity index (χ3n) is 5.48. The van der Waals surface area contributed by atoms with Crippen LogP contribution in [0.3, 0.4) is 0 Å². The molecule has 3 aromatic carbocycles. The van der Waals surface area contributed by atoms with Crippen molar-refractivity contribution in [3.8, 4) is 11.5 Å². The van der Waals surface area contributed by atoms with E-state index >= 15 is 0 Å². The number of hydrogen-bond donors (Lipinski definition) is 1. The summed E-state index contributed by atoms with van der Waals surface area (Å²) in [4.78, 5) is 12.9. The van der Waals surface area contributed by atoms with Crippen LogP contribution in [0.25, 0.3) is 0 Å². The van der Waals surface area contributed by atoms with Crippen LogP contribution in [-0.4, -0.2) is 31.7 Å². The summed E-state index contributed by atoms with van der Waals surface area (Å²) in [7, 11) is -3.73. The molecular weight excluding hydrogens is 467 g/mol. The van der Waals surface area contributed by atoms with Crippen LogP contribution in [0.15, 0.2) is 77.7 Å². The summed E-state index contributed by atoms with van der Waals surface area (Å²) in [6, 6.07) is 18.8. The van der Waals surface area contributed by atoms with Crippen molar-refractivity contribution in [1.82, 2.24) is 4.31 Å². The third-order valence-corrected chi connectivity index (χ3v) is 7.70. The first kappa shape index (κ1) is 23.2. The van der Waals surface area contributed by atoms with Crippen LogP contribution in [0.4, 0.5) is 10.1 Å². The fourth-order valence-corrected chi connectivity index (χ4v) is 5.30. The molecule has 1 heterocycles. The summed E-state index contributed by atoms with van der Waals surface area (Å²) in [5.74, 6) is -0.124. The van der Waals surface area contributed by atoms with Gasteiger partial charge in [0.2, 0.25) is 15.9 Å². The van der Waals surface area contributed by atoms with E-state index in [0.717, 1.165) is 12.1 Å². The van der Waals surface area contributed by atoms with Crippen LogP contribution in [0.2, 0.25) is 5.02 Å². The molecule has 0 aliphatic carbocycles. The van der Waals surface area contributed by atoms with E-state index in [-0.39, 0.29) is 29.8 Å². The van der Waals surface area contributed by atoms with Gasteiger partial charge in [-0.15, -0.1) is 0 Å². The van der Waals surface area contributed by atoms with E-state index in [2.05, 4.69) is 5.32 Å². The number of anilines is 1. The Kier molecular flexibility index (Phi) is 6.97. The number of carbonyl (C=O) groups is 1. The van der Waals surface area contributed by atoms with Crippen LogP contribution in [0.1, 0.15) is 12.8 Å². The molecule has 1 aliphatic rings. The first-order valence-corrected chi connectivity index (χ1v) is 12.2. The summed E-state index contributed by atoms with van der Waals surface area (Å²) in [6.07, 6.45) is 0.750. The molecule has 0 radical (unpaired) electrons. The van der Waals surface area contributed by atoms with Crippen molar-refractivity contribution < 1.29 is 22.3 Å². The van der Waals surface area contributed by atoms with Crippen molar-refractivity contribution in [2.24, 2.45) is 5.92 Å². The second kappa shape index (κ2) is 9.91. The monoisotopic (exact) mass is 488 g/mol. The second-order valence-electron chi connectivity index (χ2n) is 7.65. The normalized spacial score (nSPS) is 15.2. The standard InChI is InChI=1S/C24H22ClFN2O4S/c25-20-5-1-3-7-22(20)32-23-8-4-2-6-21(23)27-24(29)17-13-15-28(16-14-17)33(30,31)19-11-9-18(26)10-12-19/h1-12,17H,13-16H2,(H,27,29). The van der Waals surface area contributed by atoms with Gasteiger partial charge in [-0.05, 0) is 61.4 Å². The van der Waals surface area contributed by atoms with E-state index in [1.807, 2.05) is 0 Å². The molecule has 0 unspecified atom stereocenters. The Morgan fingerprint density at radius 1 is 0.939 bits per heavy atom. The lowest BCUT2D eigenvalue weighted by molar-refractivity contribution is -0.120. The highest BCUT2D eigenvalue weighted by Gasteiger charge is 2.32. The summed E-state index contributed by atoms with van der Waals surface area (Å²) in [5.41, 5.74) is 0.504. The Balaban J connectivity index is 1.40. The Hall–Kier alpha value is -2.94. The SMILES string of the molecule is O=C(Nc1ccccc1Oc1ccccc1Cl)C1CCN(S(=O)(=O)c2ccc(F)cc2)CC1. The average molecular weight is 489 g/mol. The second-order valence-corrected chi connectivity index (χ2v) is 10.00. The third kappa shape index (κ3) is 5.35. The van der Waals surface area contributed by atoms with Crippen LogP contribution >= 0.6 is 11.6 Å².